The van der Waals surface area contributed by atoms with Crippen LogP contribution in [0.1, 0.15) is 10.4 Å². The summed E-state index contributed by atoms with van der Waals surface area (Å²) in [4.78, 5) is 18.6. The van der Waals surface area contributed by atoms with Crippen LogP contribution in [0.4, 0.5) is 9.52 Å². The Bertz CT molecular complexity index is 1250. The van der Waals surface area contributed by atoms with Crippen molar-refractivity contribution < 1.29 is 23.4 Å². The molecule has 8 heteroatoms. The van der Waals surface area contributed by atoms with Crippen molar-refractivity contribution in [2.75, 3.05) is 26.6 Å². The molecule has 1 aromatic heterocycles. The largest absolute Gasteiger partial charge is 0.493 e. The van der Waals surface area contributed by atoms with Gasteiger partial charge in [0.1, 0.15) is 5.82 Å². The number of benzene rings is 3. The quantitative estimate of drug-likeness (QED) is 0.369. The highest BCUT2D eigenvalue weighted by molar-refractivity contribution is 7.19. The average Bonchev–Trinajstić information content (AvgIpc) is 3.27. The van der Waals surface area contributed by atoms with Gasteiger partial charge in [0.05, 0.1) is 31.9 Å². The highest BCUT2D eigenvalue weighted by Crippen LogP contribution is 2.40. The summed E-state index contributed by atoms with van der Waals surface area (Å²) in [7, 11) is 4.47. The first-order chi connectivity index (χ1) is 16.0. The molecule has 4 rings (SSSR count). The third kappa shape index (κ3) is 4.65. The van der Waals surface area contributed by atoms with Gasteiger partial charge < -0.3 is 14.2 Å². The summed E-state index contributed by atoms with van der Waals surface area (Å²) in [5.41, 5.74) is 2.68. The molecule has 1 heterocycles. The molecule has 168 valence electrons. The number of methoxy groups -OCH3 is 3. The second kappa shape index (κ2) is 9.70. The number of amides is 1. The first-order valence-corrected chi connectivity index (χ1v) is 10.8. The molecule has 0 saturated carbocycles. The Morgan fingerprint density at radius 1 is 0.879 bits per heavy atom. The van der Waals surface area contributed by atoms with Crippen molar-refractivity contribution in [3.8, 4) is 38.9 Å². The van der Waals surface area contributed by atoms with E-state index >= 15 is 0 Å². The van der Waals surface area contributed by atoms with Crippen LogP contribution in [0.25, 0.3) is 21.7 Å². The van der Waals surface area contributed by atoms with Gasteiger partial charge in [-0.25, -0.2) is 9.37 Å². The van der Waals surface area contributed by atoms with Crippen LogP contribution >= 0.6 is 11.3 Å². The number of rotatable bonds is 7. The molecule has 0 aliphatic rings. The maximum absolute atomic E-state index is 13.5. The van der Waals surface area contributed by atoms with E-state index in [1.807, 2.05) is 30.3 Å². The van der Waals surface area contributed by atoms with Gasteiger partial charge in [0.2, 0.25) is 5.75 Å². The molecule has 1 N–H and O–H groups in total. The second-order valence-electron chi connectivity index (χ2n) is 6.94. The maximum atomic E-state index is 13.5. The Morgan fingerprint density at radius 3 is 2.09 bits per heavy atom. The van der Waals surface area contributed by atoms with Crippen LogP contribution in [0.2, 0.25) is 0 Å². The molecule has 1 amide bonds. The predicted molar refractivity (Wildman–Crippen MR) is 127 cm³/mol. The number of thiazole rings is 1. The number of aromatic nitrogens is 1. The summed E-state index contributed by atoms with van der Waals surface area (Å²) >= 11 is 1.34. The Labute approximate surface area is 194 Å². The fraction of sp³-hybridized carbons (Fsp3) is 0.120. The molecule has 33 heavy (non-hydrogen) atoms. The lowest BCUT2D eigenvalue weighted by atomic mass is 10.1. The number of nitrogens with one attached hydrogen (secondary N) is 1. The fourth-order valence-corrected chi connectivity index (χ4v) is 4.33. The molecule has 4 aromatic rings. The minimum Gasteiger partial charge on any atom is -0.493 e. The predicted octanol–water partition coefficient (Wildman–Crippen LogP) is 5.89. The summed E-state index contributed by atoms with van der Waals surface area (Å²) in [5.74, 6) is 0.437. The van der Waals surface area contributed by atoms with Gasteiger partial charge in [0.15, 0.2) is 16.6 Å². The monoisotopic (exact) mass is 464 g/mol. The molecule has 0 spiro atoms. The minimum absolute atomic E-state index is 0.323. The van der Waals surface area contributed by atoms with E-state index in [1.165, 1.54) is 44.8 Å². The zero-order chi connectivity index (χ0) is 23.4. The zero-order valence-corrected chi connectivity index (χ0v) is 19.0. The Kier molecular flexibility index (Phi) is 6.55. The summed E-state index contributed by atoms with van der Waals surface area (Å²) in [6.07, 6.45) is 0. The van der Waals surface area contributed by atoms with Gasteiger partial charge >= 0.3 is 0 Å². The molecule has 0 unspecified atom stereocenters. The van der Waals surface area contributed by atoms with Crippen LogP contribution in [0.5, 0.6) is 17.2 Å². The molecule has 0 radical (unpaired) electrons. The van der Waals surface area contributed by atoms with Crippen molar-refractivity contribution >= 4 is 22.4 Å². The maximum Gasteiger partial charge on any atom is 0.257 e. The van der Waals surface area contributed by atoms with Crippen LogP contribution in [0.15, 0.2) is 66.7 Å². The number of carbonyl (C=O) groups excluding carboxylic acids is 1. The molecule has 0 atom stereocenters. The van der Waals surface area contributed by atoms with E-state index in [4.69, 9.17) is 14.2 Å². The number of anilines is 1. The van der Waals surface area contributed by atoms with E-state index in [9.17, 15) is 9.18 Å². The molecule has 3 aromatic carbocycles. The number of hydrogen-bond acceptors (Lipinski definition) is 6. The highest BCUT2D eigenvalue weighted by Gasteiger charge is 2.20. The SMILES string of the molecule is COc1cc(C(=O)Nc2nc(-c3ccc(F)cc3)c(-c3ccccc3)s2)cc(OC)c1OC. The van der Waals surface area contributed by atoms with E-state index in [-0.39, 0.29) is 11.7 Å². The molecule has 0 aliphatic carbocycles. The van der Waals surface area contributed by atoms with Crippen molar-refractivity contribution in [3.63, 3.8) is 0 Å². The van der Waals surface area contributed by atoms with Crippen molar-refractivity contribution in [2.45, 2.75) is 0 Å². The van der Waals surface area contributed by atoms with Gasteiger partial charge in [0.25, 0.3) is 5.91 Å². The lowest BCUT2D eigenvalue weighted by Gasteiger charge is -2.13. The van der Waals surface area contributed by atoms with E-state index in [0.717, 1.165) is 16.0 Å². The third-order valence-corrected chi connectivity index (χ3v) is 5.95. The molecule has 0 saturated heterocycles. The van der Waals surface area contributed by atoms with Crippen molar-refractivity contribution in [3.05, 3.63) is 78.1 Å². The van der Waals surface area contributed by atoms with E-state index < -0.39 is 0 Å². The topological polar surface area (TPSA) is 69.7 Å². The number of hydrogen-bond donors (Lipinski definition) is 1. The number of halogens is 1. The Morgan fingerprint density at radius 2 is 1.52 bits per heavy atom. The van der Waals surface area contributed by atoms with Crippen LogP contribution in [-0.4, -0.2) is 32.2 Å². The van der Waals surface area contributed by atoms with Gasteiger partial charge in [-0.2, -0.15) is 0 Å². The van der Waals surface area contributed by atoms with Crippen molar-refractivity contribution in [2.24, 2.45) is 0 Å². The number of nitrogens with zero attached hydrogens (tertiary/aromatic N) is 1. The van der Waals surface area contributed by atoms with Gasteiger partial charge in [-0.05, 0) is 42.0 Å². The summed E-state index contributed by atoms with van der Waals surface area (Å²) in [5, 5.41) is 3.26. The lowest BCUT2D eigenvalue weighted by Crippen LogP contribution is -2.12. The van der Waals surface area contributed by atoms with E-state index in [2.05, 4.69) is 10.3 Å². The molecule has 0 aliphatic heterocycles. The lowest BCUT2D eigenvalue weighted by molar-refractivity contribution is 0.102. The van der Waals surface area contributed by atoms with Gasteiger partial charge in [0, 0.05) is 11.1 Å². The van der Waals surface area contributed by atoms with Crippen LogP contribution in [0, 0.1) is 5.82 Å². The summed E-state index contributed by atoms with van der Waals surface area (Å²) in [6, 6.07) is 19.0. The van der Waals surface area contributed by atoms with Gasteiger partial charge in [-0.15, -0.1) is 0 Å². The zero-order valence-electron chi connectivity index (χ0n) is 18.2. The number of ether oxygens (including phenoxy) is 3. The average molecular weight is 465 g/mol. The fourth-order valence-electron chi connectivity index (χ4n) is 3.34. The van der Waals surface area contributed by atoms with E-state index in [1.54, 1.807) is 24.3 Å². The first-order valence-electron chi connectivity index (χ1n) is 9.97. The molecular weight excluding hydrogens is 443 g/mol. The van der Waals surface area contributed by atoms with Gasteiger partial charge in [-0.1, -0.05) is 41.7 Å². The molecule has 6 nitrogen and oxygen atoms in total. The second-order valence-corrected chi connectivity index (χ2v) is 7.94. The van der Waals surface area contributed by atoms with Crippen LogP contribution in [0.3, 0.4) is 0 Å². The summed E-state index contributed by atoms with van der Waals surface area (Å²) in [6.45, 7) is 0. The third-order valence-electron chi connectivity index (χ3n) is 4.93. The van der Waals surface area contributed by atoms with Gasteiger partial charge in [-0.3, -0.25) is 10.1 Å². The Balaban J connectivity index is 1.72. The highest BCUT2D eigenvalue weighted by atomic mass is 32.1. The molecular formula is C25H21FN2O4S. The van der Waals surface area contributed by atoms with Crippen molar-refractivity contribution in [1.82, 2.24) is 4.98 Å². The smallest absolute Gasteiger partial charge is 0.257 e. The number of carbonyl (C=O) groups is 1. The van der Waals surface area contributed by atoms with Crippen LogP contribution in [-0.2, 0) is 0 Å². The van der Waals surface area contributed by atoms with Crippen LogP contribution < -0.4 is 19.5 Å². The molecule has 0 bridgehead atoms. The molecule has 0 fully saturated rings. The summed E-state index contributed by atoms with van der Waals surface area (Å²) < 4.78 is 29.5. The minimum atomic E-state index is -0.381. The van der Waals surface area contributed by atoms with E-state index in [0.29, 0.717) is 33.6 Å². The normalized spacial score (nSPS) is 10.5. The first kappa shape index (κ1) is 22.3. The standard InChI is InChI=1S/C25H21FN2O4S/c1-30-19-13-17(14-20(31-2)22(19)32-3)24(29)28-25-27-21(15-9-11-18(26)12-10-15)23(33-25)16-7-5-4-6-8-16/h4-14H,1-3H3,(H,27,28,29). The Hall–Kier alpha value is -3.91. The van der Waals surface area contributed by atoms with Crippen molar-refractivity contribution in [1.29, 1.82) is 0 Å².